The Bertz CT molecular complexity index is 2030. The van der Waals surface area contributed by atoms with Gasteiger partial charge in [0, 0.05) is 46.9 Å². The van der Waals surface area contributed by atoms with Gasteiger partial charge in [0.05, 0.1) is 19.4 Å². The molecule has 5 aromatic rings. The minimum Gasteiger partial charge on any atom is -0.497 e. The number of para-hydroxylation sites is 1. The molecule has 1 fully saturated rings. The van der Waals surface area contributed by atoms with Crippen molar-refractivity contribution in [1.29, 1.82) is 0 Å². The average Bonchev–Trinajstić information content (AvgIpc) is 3.67. The largest absolute Gasteiger partial charge is 0.497 e. The van der Waals surface area contributed by atoms with Gasteiger partial charge in [-0.3, -0.25) is 9.59 Å². The monoisotopic (exact) mass is 648 g/mol. The zero-order chi connectivity index (χ0) is 33.6. The zero-order valence-corrected chi connectivity index (χ0v) is 27.5. The lowest BCUT2D eigenvalue weighted by molar-refractivity contribution is -0.119. The summed E-state index contributed by atoms with van der Waals surface area (Å²) >= 11 is 0. The molecule has 0 saturated carbocycles. The zero-order valence-electron chi connectivity index (χ0n) is 27.5. The lowest BCUT2D eigenvalue weighted by atomic mass is 10.1. The van der Waals surface area contributed by atoms with Gasteiger partial charge in [-0.25, -0.2) is 4.79 Å². The summed E-state index contributed by atoms with van der Waals surface area (Å²) in [5.41, 5.74) is 3.36. The maximum atomic E-state index is 13.9. The van der Waals surface area contributed by atoms with Gasteiger partial charge in [-0.15, -0.1) is 0 Å². The molecule has 48 heavy (non-hydrogen) atoms. The van der Waals surface area contributed by atoms with Gasteiger partial charge in [-0.1, -0.05) is 55.3 Å². The normalized spacial score (nSPS) is 15.4. The van der Waals surface area contributed by atoms with E-state index in [4.69, 9.17) is 14.0 Å². The molecule has 2 amide bonds. The number of nitrogens with zero attached hydrogens (tertiary/aromatic N) is 3. The molecular formula is C38H40N4O6. The molecular weight excluding hydrogens is 608 g/mol. The number of anilines is 1. The van der Waals surface area contributed by atoms with E-state index in [0.29, 0.717) is 23.6 Å². The molecule has 10 heteroatoms. The molecule has 0 aliphatic carbocycles. The molecule has 6 rings (SSSR count). The van der Waals surface area contributed by atoms with Crippen molar-refractivity contribution in [1.82, 2.24) is 9.47 Å². The Morgan fingerprint density at radius 2 is 1.75 bits per heavy atom. The highest BCUT2D eigenvalue weighted by atomic mass is 16.6. The molecule has 1 atom stereocenters. The number of methoxy groups -OCH3 is 1. The van der Waals surface area contributed by atoms with Crippen LogP contribution < -0.4 is 15.7 Å². The highest BCUT2D eigenvalue weighted by molar-refractivity contribution is 6.11. The molecule has 1 aliphatic heterocycles. The molecule has 3 aromatic carbocycles. The van der Waals surface area contributed by atoms with Crippen LogP contribution in [0.5, 0.6) is 5.75 Å². The summed E-state index contributed by atoms with van der Waals surface area (Å²) in [6, 6.07) is 23.7. The second-order valence-electron chi connectivity index (χ2n) is 12.0. The lowest BCUT2D eigenvalue weighted by Gasteiger charge is -2.23. The average molecular weight is 649 g/mol. The second-order valence-corrected chi connectivity index (χ2v) is 12.0. The Kier molecular flexibility index (Phi) is 9.89. The number of ether oxygens (including phenoxy) is 1. The van der Waals surface area contributed by atoms with Crippen molar-refractivity contribution in [3.05, 3.63) is 106 Å². The number of amides is 2. The van der Waals surface area contributed by atoms with Crippen LogP contribution in [0.2, 0.25) is 0 Å². The maximum Gasteiger partial charge on any atom is 0.348 e. The van der Waals surface area contributed by atoms with E-state index in [1.807, 2.05) is 54.6 Å². The van der Waals surface area contributed by atoms with Gasteiger partial charge in [-0.05, 0) is 67.4 Å². The van der Waals surface area contributed by atoms with Crippen LogP contribution in [0.15, 0.2) is 93.2 Å². The summed E-state index contributed by atoms with van der Waals surface area (Å²) in [6.07, 6.45) is 3.73. The van der Waals surface area contributed by atoms with Gasteiger partial charge in [-0.2, -0.15) is 0 Å². The number of carbonyl (C=O) groups excluding carboxylic acids is 2. The molecule has 1 N–H and O–H groups in total. The van der Waals surface area contributed by atoms with Crippen molar-refractivity contribution in [3.8, 4) is 5.75 Å². The molecule has 0 radical (unpaired) electrons. The number of unbranched alkanes of at least 4 members (excludes halogenated alkanes) is 2. The number of carbonyl (C=O) groups is 2. The number of hydrogen-bond acceptors (Lipinski definition) is 7. The first kappa shape index (κ1) is 32.6. The van der Waals surface area contributed by atoms with Crippen molar-refractivity contribution in [3.63, 3.8) is 0 Å². The van der Waals surface area contributed by atoms with Gasteiger partial charge in [0.1, 0.15) is 29.7 Å². The van der Waals surface area contributed by atoms with Gasteiger partial charge < -0.3 is 28.8 Å². The first-order chi connectivity index (χ1) is 23.4. The molecule has 248 valence electrons. The third-order valence-corrected chi connectivity index (χ3v) is 8.80. The lowest BCUT2D eigenvalue weighted by Crippen LogP contribution is -2.44. The summed E-state index contributed by atoms with van der Waals surface area (Å²) in [6.45, 7) is 5.25. The summed E-state index contributed by atoms with van der Waals surface area (Å²) in [5.74, 6) is 0.293. The van der Waals surface area contributed by atoms with Gasteiger partial charge in [0.2, 0.25) is 5.91 Å². The van der Waals surface area contributed by atoms with Crippen LogP contribution in [0.1, 0.15) is 61.2 Å². The predicted molar refractivity (Wildman–Crippen MR) is 187 cm³/mol. The number of benzene rings is 3. The van der Waals surface area contributed by atoms with Crippen LogP contribution in [0, 0.1) is 0 Å². The van der Waals surface area contributed by atoms with Gasteiger partial charge >= 0.3 is 5.63 Å². The third-order valence-electron chi connectivity index (χ3n) is 8.80. The molecule has 10 nitrogen and oxygen atoms in total. The SMILES string of the molecule is CCCCCc1ccc(C(=O)N2CC(=NOCc3ccc(OC)cc3)C[C@H]2C(=O)Nc2ccc3c(c2)c2ccccc2n3CC)c(=O)o1. The Morgan fingerprint density at radius 1 is 0.958 bits per heavy atom. The highest BCUT2D eigenvalue weighted by Crippen LogP contribution is 2.31. The van der Waals surface area contributed by atoms with Crippen LogP contribution in [-0.4, -0.2) is 46.7 Å². The van der Waals surface area contributed by atoms with Crippen molar-refractivity contribution >= 4 is 45.0 Å². The fourth-order valence-electron chi connectivity index (χ4n) is 6.29. The summed E-state index contributed by atoms with van der Waals surface area (Å²) in [4.78, 5) is 47.7. The van der Waals surface area contributed by atoms with Crippen molar-refractivity contribution in [2.45, 2.75) is 65.1 Å². The van der Waals surface area contributed by atoms with E-state index < -0.39 is 17.6 Å². The number of hydrogen-bond donors (Lipinski definition) is 1. The predicted octanol–water partition coefficient (Wildman–Crippen LogP) is 6.93. The highest BCUT2D eigenvalue weighted by Gasteiger charge is 2.39. The van der Waals surface area contributed by atoms with Crippen molar-refractivity contribution in [2.24, 2.45) is 5.16 Å². The van der Waals surface area contributed by atoms with E-state index in [2.05, 4.69) is 41.0 Å². The molecule has 1 saturated heterocycles. The van der Waals surface area contributed by atoms with E-state index in [0.717, 1.165) is 58.9 Å². The maximum absolute atomic E-state index is 13.9. The molecule has 1 aliphatic rings. The van der Waals surface area contributed by atoms with E-state index in [-0.39, 0.29) is 31.0 Å². The number of aryl methyl sites for hydroxylation is 2. The topological polar surface area (TPSA) is 115 Å². The number of aromatic nitrogens is 1. The Balaban J connectivity index is 1.25. The van der Waals surface area contributed by atoms with E-state index >= 15 is 0 Å². The fourth-order valence-corrected chi connectivity index (χ4v) is 6.29. The Hall–Kier alpha value is -5.38. The van der Waals surface area contributed by atoms with E-state index in [1.165, 1.54) is 11.0 Å². The minimum absolute atomic E-state index is 0.0280. The Labute approximate surface area is 278 Å². The molecule has 0 spiro atoms. The van der Waals surface area contributed by atoms with Crippen LogP contribution in [0.4, 0.5) is 5.69 Å². The number of nitrogens with one attached hydrogen (secondary N) is 1. The van der Waals surface area contributed by atoms with Crippen LogP contribution >= 0.6 is 0 Å². The molecule has 3 heterocycles. The second kappa shape index (κ2) is 14.6. The smallest absolute Gasteiger partial charge is 0.348 e. The quantitative estimate of drug-likeness (QED) is 0.116. The first-order valence-electron chi connectivity index (χ1n) is 16.5. The van der Waals surface area contributed by atoms with Crippen LogP contribution in [0.3, 0.4) is 0 Å². The fraction of sp³-hybridized carbons (Fsp3) is 0.316. The molecule has 0 unspecified atom stereocenters. The standard InChI is InChI=1S/C38H40N4O6/c1-4-6-7-10-29-18-19-31(38(45)48-29)37(44)42-23-27(40-47-24-25-13-16-28(46-3)17-14-25)22-35(42)36(43)39-26-15-20-34-32(21-26)30-11-8-9-12-33(30)41(34)5-2/h8-9,11-21,35H,4-7,10,22-24H2,1-3H3,(H,39,43)/t35-/m0/s1. The van der Waals surface area contributed by atoms with Crippen LogP contribution in [-0.2, 0) is 29.2 Å². The summed E-state index contributed by atoms with van der Waals surface area (Å²) in [5, 5.41) is 9.44. The summed E-state index contributed by atoms with van der Waals surface area (Å²) < 4.78 is 13.0. The number of likely N-dealkylation sites (tertiary alicyclic amines) is 1. The van der Waals surface area contributed by atoms with E-state index in [9.17, 15) is 14.4 Å². The van der Waals surface area contributed by atoms with E-state index in [1.54, 1.807) is 13.2 Å². The minimum atomic E-state index is -0.919. The number of oxime groups is 1. The van der Waals surface area contributed by atoms with Gasteiger partial charge in [0.15, 0.2) is 0 Å². The molecule has 2 aromatic heterocycles. The first-order valence-corrected chi connectivity index (χ1v) is 16.5. The summed E-state index contributed by atoms with van der Waals surface area (Å²) in [7, 11) is 1.60. The van der Waals surface area contributed by atoms with Gasteiger partial charge in [0.25, 0.3) is 5.91 Å². The number of fused-ring (bicyclic) bond motifs is 3. The van der Waals surface area contributed by atoms with Crippen molar-refractivity contribution < 1.29 is 23.6 Å². The van der Waals surface area contributed by atoms with Crippen molar-refractivity contribution in [2.75, 3.05) is 19.0 Å². The third kappa shape index (κ3) is 6.83. The number of rotatable bonds is 12. The molecule has 0 bridgehead atoms. The Morgan fingerprint density at radius 3 is 2.50 bits per heavy atom. The van der Waals surface area contributed by atoms with Crippen LogP contribution in [0.25, 0.3) is 21.8 Å².